The summed E-state index contributed by atoms with van der Waals surface area (Å²) in [5, 5.41) is 24.4. The van der Waals surface area contributed by atoms with E-state index in [1.54, 1.807) is 6.07 Å². The van der Waals surface area contributed by atoms with E-state index in [1.807, 2.05) is 61.7 Å². The molecule has 1 heterocycles. The van der Waals surface area contributed by atoms with E-state index in [2.05, 4.69) is 68.2 Å². The number of nitro groups is 2. The number of carbonyl (C=O) groups is 4. The average molecular weight is 862 g/mol. The average Bonchev–Trinajstić information content (AvgIpc) is 3.43. The van der Waals surface area contributed by atoms with Gasteiger partial charge in [-0.25, -0.2) is 0 Å². The van der Waals surface area contributed by atoms with Crippen LogP contribution < -0.4 is 10.2 Å². The Labute approximate surface area is 363 Å². The zero-order valence-electron chi connectivity index (χ0n) is 37.5. The van der Waals surface area contributed by atoms with Crippen LogP contribution in [-0.2, 0) is 68.3 Å². The monoisotopic (exact) mass is 861 g/mol. The van der Waals surface area contributed by atoms with Gasteiger partial charge in [0.25, 0.3) is 11.4 Å². The third-order valence-corrected chi connectivity index (χ3v) is 9.53. The molecule has 0 atom stereocenters. The van der Waals surface area contributed by atoms with Crippen molar-refractivity contribution in [1.29, 1.82) is 0 Å². The minimum atomic E-state index is -0.653. The fourth-order valence-electron chi connectivity index (χ4n) is 6.58. The Hall–Kier alpha value is -6.42. The summed E-state index contributed by atoms with van der Waals surface area (Å²) in [7, 11) is 2.07. The molecule has 2 N–H and O–H groups in total. The molecular weight excluding hydrogens is 801 g/mol. The standard InChI is InChI=1S/C28H33N3O8.C16H21NO4.C2H6/c1-5-6-7-8-9-12-28(3,4)25-15-21(16-27(33)39-19-38-20(2)32)10-11-26(25)29-18-22-13-23(30(34)35)17-24(14-22)31(36)37;1-11(18)20-10-21-15(19)8-12-5-6-14-13(7-12)16(2,3)9-17(14)4;1-2/h6-11,13-15,17,29H,5,12,16,18-19H2,1-4H3;5-7H,8-10H2,1-4H3;1-2H3/p+1/b7-6+,9-8+;;. The number of anilines is 1. The van der Waals surface area contributed by atoms with Crippen LogP contribution in [0.3, 0.4) is 0 Å². The number of hydrogen-bond acceptors (Lipinski definition) is 13. The summed E-state index contributed by atoms with van der Waals surface area (Å²) in [5.41, 5.74) is 5.27. The van der Waals surface area contributed by atoms with E-state index in [0.717, 1.165) is 35.8 Å². The van der Waals surface area contributed by atoms with Crippen LogP contribution in [0.4, 0.5) is 22.7 Å². The van der Waals surface area contributed by atoms with Crippen molar-refractivity contribution >= 4 is 46.6 Å². The molecule has 62 heavy (non-hydrogen) atoms. The van der Waals surface area contributed by atoms with Gasteiger partial charge in [-0.1, -0.05) is 91.0 Å². The molecule has 0 amide bonds. The van der Waals surface area contributed by atoms with Gasteiger partial charge in [-0.2, -0.15) is 0 Å². The Morgan fingerprint density at radius 1 is 0.774 bits per heavy atom. The van der Waals surface area contributed by atoms with Crippen molar-refractivity contribution in [2.75, 3.05) is 32.1 Å². The highest BCUT2D eigenvalue weighted by molar-refractivity contribution is 5.74. The van der Waals surface area contributed by atoms with Crippen LogP contribution in [0.1, 0.15) is 103 Å². The number of non-ortho nitro benzene ring substituents is 2. The first-order valence-corrected chi connectivity index (χ1v) is 20.4. The largest absolute Gasteiger partial charge is 0.428 e. The molecular formula is C46H61N4O12+. The Morgan fingerprint density at radius 2 is 1.29 bits per heavy atom. The van der Waals surface area contributed by atoms with E-state index in [4.69, 9.17) is 9.47 Å². The molecule has 0 saturated heterocycles. The SMILES string of the molecule is CC.CC(=O)OCOC(=O)Cc1ccc2c(c1)C(C)(C)CN2C.CC/C=C/C=C/CC(C)(C)c1cc(CC(=O)OCOC(C)=O)ccc1[NH2+]Cc1cc([N+](=O)[O-])cc([N+](=O)[O-])c1. The lowest BCUT2D eigenvalue weighted by atomic mass is 9.79. The Balaban J connectivity index is 0.000000481. The van der Waals surface area contributed by atoms with Crippen molar-refractivity contribution in [3.05, 3.63) is 127 Å². The van der Waals surface area contributed by atoms with Gasteiger partial charge in [-0.05, 0) is 53.1 Å². The Kier molecular flexibility index (Phi) is 20.6. The highest BCUT2D eigenvalue weighted by Gasteiger charge is 2.33. The molecule has 0 unspecified atom stereocenters. The lowest BCUT2D eigenvalue weighted by Crippen LogP contribution is -2.76. The number of ether oxygens (including phenoxy) is 4. The second-order valence-electron chi connectivity index (χ2n) is 15.5. The summed E-state index contributed by atoms with van der Waals surface area (Å²) >= 11 is 0. The van der Waals surface area contributed by atoms with Gasteiger partial charge >= 0.3 is 23.9 Å². The summed E-state index contributed by atoms with van der Waals surface area (Å²) in [4.78, 5) is 68.9. The van der Waals surface area contributed by atoms with Crippen molar-refractivity contribution in [3.63, 3.8) is 0 Å². The van der Waals surface area contributed by atoms with E-state index in [0.29, 0.717) is 17.5 Å². The van der Waals surface area contributed by atoms with E-state index in [9.17, 15) is 39.4 Å². The van der Waals surface area contributed by atoms with Gasteiger partial charge in [0.05, 0.1) is 28.8 Å². The number of allylic oxidation sites excluding steroid dienone is 4. The number of fused-ring (bicyclic) bond motifs is 1. The fraction of sp³-hybridized carbons (Fsp3) is 0.435. The van der Waals surface area contributed by atoms with Crippen molar-refractivity contribution in [1.82, 2.24) is 0 Å². The number of nitro benzene ring substituents is 2. The van der Waals surface area contributed by atoms with E-state index < -0.39 is 40.5 Å². The number of esters is 4. The van der Waals surface area contributed by atoms with Crippen LogP contribution in [-0.4, -0.2) is 60.9 Å². The normalized spacial score (nSPS) is 12.6. The molecule has 3 aromatic rings. The maximum atomic E-state index is 12.2. The lowest BCUT2D eigenvalue weighted by molar-refractivity contribution is -0.589. The minimum Gasteiger partial charge on any atom is -0.428 e. The molecule has 4 rings (SSSR count). The smallest absolute Gasteiger partial charge is 0.313 e. The molecule has 0 aromatic heterocycles. The summed E-state index contributed by atoms with van der Waals surface area (Å²) in [5.74, 6) is -1.97. The van der Waals surface area contributed by atoms with Gasteiger partial charge < -0.3 is 29.2 Å². The predicted octanol–water partition coefficient (Wildman–Crippen LogP) is 7.74. The second kappa shape index (κ2) is 24.7. The molecule has 3 aromatic carbocycles. The van der Waals surface area contributed by atoms with E-state index in [-0.39, 0.29) is 48.4 Å². The van der Waals surface area contributed by atoms with Crippen LogP contribution in [0.5, 0.6) is 0 Å². The van der Waals surface area contributed by atoms with E-state index >= 15 is 0 Å². The van der Waals surface area contributed by atoms with Crippen molar-refractivity contribution < 1.29 is 53.3 Å². The van der Waals surface area contributed by atoms with Gasteiger partial charge in [0, 0.05) is 61.8 Å². The number of nitrogens with zero attached hydrogens (tertiary/aromatic N) is 3. The molecule has 0 radical (unpaired) electrons. The number of nitrogens with two attached hydrogens (primary N) is 1. The molecule has 0 bridgehead atoms. The molecule has 0 saturated carbocycles. The summed E-state index contributed by atoms with van der Waals surface area (Å²) in [6.45, 7) is 17.5. The third kappa shape index (κ3) is 16.9. The molecule has 0 fully saturated rings. The first-order valence-electron chi connectivity index (χ1n) is 20.4. The topological polar surface area (TPSA) is 211 Å². The zero-order chi connectivity index (χ0) is 46.6. The van der Waals surface area contributed by atoms with Crippen molar-refractivity contribution in [3.8, 4) is 0 Å². The molecule has 16 heteroatoms. The number of likely N-dealkylation sites (N-methyl/N-ethyl adjacent to an activating group) is 1. The number of benzene rings is 3. The molecule has 336 valence electrons. The molecule has 0 spiro atoms. The van der Waals surface area contributed by atoms with Crippen LogP contribution in [0, 0.1) is 20.2 Å². The first kappa shape index (κ1) is 51.7. The van der Waals surface area contributed by atoms with Gasteiger partial charge in [0.1, 0.15) is 12.2 Å². The quantitative estimate of drug-likeness (QED) is 0.0324. The van der Waals surface area contributed by atoms with Crippen LogP contribution in [0.15, 0.2) is 78.9 Å². The predicted molar refractivity (Wildman–Crippen MR) is 235 cm³/mol. The Bertz CT molecular complexity index is 2080. The maximum Gasteiger partial charge on any atom is 0.313 e. The van der Waals surface area contributed by atoms with Crippen LogP contribution >= 0.6 is 0 Å². The van der Waals surface area contributed by atoms with Crippen LogP contribution in [0.25, 0.3) is 0 Å². The zero-order valence-corrected chi connectivity index (χ0v) is 37.5. The van der Waals surface area contributed by atoms with Gasteiger partial charge in [-0.3, -0.25) is 39.4 Å². The summed E-state index contributed by atoms with van der Waals surface area (Å²) < 4.78 is 19.1. The minimum absolute atomic E-state index is 0.0310. The number of carbonyl (C=O) groups excluding carboxylic acids is 4. The lowest BCUT2D eigenvalue weighted by Gasteiger charge is -2.26. The van der Waals surface area contributed by atoms with Crippen molar-refractivity contribution in [2.24, 2.45) is 0 Å². The number of rotatable bonds is 18. The molecule has 0 aliphatic carbocycles. The van der Waals surface area contributed by atoms with Gasteiger partial charge in [0.15, 0.2) is 0 Å². The summed E-state index contributed by atoms with van der Waals surface area (Å²) in [6.07, 6.45) is 9.82. The Morgan fingerprint density at radius 3 is 1.81 bits per heavy atom. The highest BCUT2D eigenvalue weighted by Crippen LogP contribution is 2.40. The fourth-order valence-corrected chi connectivity index (χ4v) is 6.58. The van der Waals surface area contributed by atoms with Gasteiger partial charge in [-0.15, -0.1) is 0 Å². The van der Waals surface area contributed by atoms with Crippen LogP contribution in [0.2, 0.25) is 0 Å². The van der Waals surface area contributed by atoms with Gasteiger partial charge in [0.2, 0.25) is 13.6 Å². The number of hydrogen-bond donors (Lipinski definition) is 1. The van der Waals surface area contributed by atoms with Crippen molar-refractivity contribution in [2.45, 2.75) is 105 Å². The third-order valence-electron chi connectivity index (χ3n) is 9.53. The van der Waals surface area contributed by atoms with E-state index in [1.165, 1.54) is 37.2 Å². The molecule has 1 aliphatic rings. The molecule has 16 nitrogen and oxygen atoms in total. The summed E-state index contributed by atoms with van der Waals surface area (Å²) in [6, 6.07) is 15.1. The second-order valence-corrected chi connectivity index (χ2v) is 15.5. The maximum absolute atomic E-state index is 12.2. The molecule has 1 aliphatic heterocycles. The number of quaternary nitrogens is 1. The first-order chi connectivity index (χ1) is 29.2. The highest BCUT2D eigenvalue weighted by atomic mass is 16.7.